The molecular formula is C28H42O9. The third-order valence-corrected chi connectivity index (χ3v) is 8.26. The molecule has 208 valence electrons. The fraction of sp³-hybridized carbons (Fsp3) is 0.821. The first-order valence-electron chi connectivity index (χ1n) is 13.6. The summed E-state index contributed by atoms with van der Waals surface area (Å²) in [6.07, 6.45) is 2.26. The van der Waals surface area contributed by atoms with E-state index in [1.54, 1.807) is 34.6 Å². The second-order valence-electron chi connectivity index (χ2n) is 12.1. The number of rotatable bonds is 10. The molecule has 2 saturated carbocycles. The van der Waals surface area contributed by atoms with Crippen LogP contribution in [0.4, 0.5) is 0 Å². The van der Waals surface area contributed by atoms with Crippen LogP contribution < -0.4 is 0 Å². The summed E-state index contributed by atoms with van der Waals surface area (Å²) in [5, 5.41) is 0. The molecule has 0 aromatic carbocycles. The van der Waals surface area contributed by atoms with Crippen LogP contribution in [-0.2, 0) is 42.9 Å². The minimum atomic E-state index is -1.08. The Morgan fingerprint density at radius 2 is 1.65 bits per heavy atom. The molecule has 0 amide bonds. The maximum Gasteiger partial charge on any atom is 0.347 e. The standard InChI is InChI=1S/C28H42O9/c1-8-34-24(30)16(4)35-23(29)14(2)11-19(25(31)37-28(5,6)7)13-20-22(27(33)36-26(20)32)21-15(3)17-9-10-18(21)12-17/h14-22H,8-13H2,1-7H3. The monoisotopic (exact) mass is 522 g/mol. The molecule has 1 aliphatic heterocycles. The number of hydrogen-bond donors (Lipinski definition) is 0. The number of esters is 5. The van der Waals surface area contributed by atoms with E-state index >= 15 is 0 Å². The second kappa shape index (κ2) is 11.5. The molecule has 0 aromatic heterocycles. The van der Waals surface area contributed by atoms with Crippen LogP contribution >= 0.6 is 0 Å². The van der Waals surface area contributed by atoms with E-state index in [4.69, 9.17) is 18.9 Å². The molecule has 9 unspecified atom stereocenters. The van der Waals surface area contributed by atoms with E-state index < -0.39 is 65.2 Å². The van der Waals surface area contributed by atoms with Crippen molar-refractivity contribution in [3.05, 3.63) is 0 Å². The third kappa shape index (κ3) is 6.71. The van der Waals surface area contributed by atoms with E-state index in [-0.39, 0.29) is 25.4 Å². The lowest BCUT2D eigenvalue weighted by molar-refractivity contribution is -0.170. The second-order valence-corrected chi connectivity index (χ2v) is 12.1. The third-order valence-electron chi connectivity index (χ3n) is 8.26. The molecule has 3 aliphatic rings. The van der Waals surface area contributed by atoms with E-state index in [1.807, 2.05) is 0 Å². The Hall–Kier alpha value is -2.45. The topological polar surface area (TPSA) is 122 Å². The van der Waals surface area contributed by atoms with Crippen LogP contribution in [0.3, 0.4) is 0 Å². The van der Waals surface area contributed by atoms with Crippen LogP contribution in [-0.4, -0.2) is 48.2 Å². The smallest absolute Gasteiger partial charge is 0.347 e. The van der Waals surface area contributed by atoms with Gasteiger partial charge < -0.3 is 18.9 Å². The number of fused-ring (bicyclic) bond motifs is 2. The van der Waals surface area contributed by atoms with Gasteiger partial charge in [0.15, 0.2) is 6.10 Å². The molecule has 0 spiro atoms. The predicted octanol–water partition coefficient (Wildman–Crippen LogP) is 3.85. The molecule has 9 nitrogen and oxygen atoms in total. The minimum absolute atomic E-state index is 0.0419. The van der Waals surface area contributed by atoms with Crippen molar-refractivity contribution < 1.29 is 42.9 Å². The van der Waals surface area contributed by atoms with Crippen LogP contribution in [0.25, 0.3) is 0 Å². The van der Waals surface area contributed by atoms with Crippen molar-refractivity contribution in [2.75, 3.05) is 6.61 Å². The maximum atomic E-state index is 13.2. The molecule has 2 aliphatic carbocycles. The van der Waals surface area contributed by atoms with Crippen molar-refractivity contribution in [2.24, 2.45) is 47.3 Å². The van der Waals surface area contributed by atoms with Crippen molar-refractivity contribution >= 4 is 29.8 Å². The van der Waals surface area contributed by atoms with Gasteiger partial charge in [-0.1, -0.05) is 13.8 Å². The molecule has 2 bridgehead atoms. The summed E-state index contributed by atoms with van der Waals surface area (Å²) in [4.78, 5) is 63.6. The van der Waals surface area contributed by atoms with Crippen LogP contribution in [0.2, 0.25) is 0 Å². The largest absolute Gasteiger partial charge is 0.463 e. The molecule has 3 fully saturated rings. The first-order valence-corrected chi connectivity index (χ1v) is 13.6. The lowest BCUT2D eigenvalue weighted by Gasteiger charge is -2.34. The van der Waals surface area contributed by atoms with Gasteiger partial charge in [-0.2, -0.15) is 0 Å². The lowest BCUT2D eigenvalue weighted by atomic mass is 9.68. The minimum Gasteiger partial charge on any atom is -0.463 e. The Balaban J connectivity index is 1.77. The highest BCUT2D eigenvalue weighted by Crippen LogP contribution is 2.57. The van der Waals surface area contributed by atoms with Crippen molar-refractivity contribution in [2.45, 2.75) is 92.3 Å². The van der Waals surface area contributed by atoms with Gasteiger partial charge in [0.05, 0.1) is 30.3 Å². The molecule has 37 heavy (non-hydrogen) atoms. The Bertz CT molecular complexity index is 902. The summed E-state index contributed by atoms with van der Waals surface area (Å²) in [6, 6.07) is 0. The summed E-state index contributed by atoms with van der Waals surface area (Å²) in [7, 11) is 0. The lowest BCUT2D eigenvalue weighted by Crippen LogP contribution is -2.38. The zero-order chi connectivity index (χ0) is 27.7. The highest BCUT2D eigenvalue weighted by atomic mass is 16.6. The average Bonchev–Trinajstić information content (AvgIpc) is 3.46. The zero-order valence-electron chi connectivity index (χ0n) is 23.1. The van der Waals surface area contributed by atoms with Gasteiger partial charge in [0.1, 0.15) is 5.60 Å². The Morgan fingerprint density at radius 3 is 2.22 bits per heavy atom. The normalized spacial score (nSPS) is 31.4. The van der Waals surface area contributed by atoms with E-state index in [9.17, 15) is 24.0 Å². The highest BCUT2D eigenvalue weighted by Gasteiger charge is 2.57. The van der Waals surface area contributed by atoms with Crippen LogP contribution in [0.15, 0.2) is 0 Å². The van der Waals surface area contributed by atoms with E-state index in [2.05, 4.69) is 6.92 Å². The number of carbonyl (C=O) groups is 5. The highest BCUT2D eigenvalue weighted by molar-refractivity contribution is 5.97. The Morgan fingerprint density at radius 1 is 1.00 bits per heavy atom. The summed E-state index contributed by atoms with van der Waals surface area (Å²) in [5.41, 5.74) is -0.776. The predicted molar refractivity (Wildman–Crippen MR) is 131 cm³/mol. The Labute approximate surface area is 219 Å². The fourth-order valence-electron chi connectivity index (χ4n) is 6.57. The summed E-state index contributed by atoms with van der Waals surface area (Å²) >= 11 is 0. The molecule has 1 heterocycles. The molecule has 1 saturated heterocycles. The van der Waals surface area contributed by atoms with E-state index in [0.717, 1.165) is 19.3 Å². The summed E-state index contributed by atoms with van der Waals surface area (Å²) in [5.74, 6) is -4.62. The maximum absolute atomic E-state index is 13.2. The fourth-order valence-corrected chi connectivity index (χ4v) is 6.57. The van der Waals surface area contributed by atoms with Gasteiger partial charge in [-0.15, -0.1) is 0 Å². The number of carbonyl (C=O) groups excluding carboxylic acids is 5. The van der Waals surface area contributed by atoms with Crippen molar-refractivity contribution in [1.29, 1.82) is 0 Å². The SMILES string of the molecule is CCOC(=O)C(C)OC(=O)C(C)CC(CC1C(=O)OC(=O)C1C1C2CCC(C2)C1C)C(=O)OC(C)(C)C. The molecule has 0 N–H and O–H groups in total. The van der Waals surface area contributed by atoms with Crippen molar-refractivity contribution in [3.63, 3.8) is 0 Å². The van der Waals surface area contributed by atoms with Crippen molar-refractivity contribution in [3.8, 4) is 0 Å². The van der Waals surface area contributed by atoms with Gasteiger partial charge in [0.25, 0.3) is 0 Å². The van der Waals surface area contributed by atoms with Crippen LogP contribution in [0, 0.1) is 47.3 Å². The van der Waals surface area contributed by atoms with Gasteiger partial charge in [-0.25, -0.2) is 4.79 Å². The average molecular weight is 523 g/mol. The first kappa shape index (κ1) is 29.1. The number of hydrogen-bond acceptors (Lipinski definition) is 9. The molecular weight excluding hydrogens is 480 g/mol. The molecule has 0 aromatic rings. The zero-order valence-corrected chi connectivity index (χ0v) is 23.1. The van der Waals surface area contributed by atoms with Gasteiger partial charge in [0.2, 0.25) is 0 Å². The molecule has 0 radical (unpaired) electrons. The van der Waals surface area contributed by atoms with E-state index in [1.165, 1.54) is 6.92 Å². The molecule has 9 atom stereocenters. The van der Waals surface area contributed by atoms with Gasteiger partial charge in [-0.05, 0) is 90.4 Å². The molecule has 9 heteroatoms. The van der Waals surface area contributed by atoms with Crippen LogP contribution in [0.1, 0.15) is 80.6 Å². The van der Waals surface area contributed by atoms with Gasteiger partial charge in [-0.3, -0.25) is 19.2 Å². The van der Waals surface area contributed by atoms with Gasteiger partial charge in [0, 0.05) is 0 Å². The first-order chi connectivity index (χ1) is 17.2. The quantitative estimate of drug-likeness (QED) is 0.239. The summed E-state index contributed by atoms with van der Waals surface area (Å²) in [6.45, 7) is 12.2. The summed E-state index contributed by atoms with van der Waals surface area (Å²) < 4.78 is 20.9. The van der Waals surface area contributed by atoms with Crippen molar-refractivity contribution in [1.82, 2.24) is 0 Å². The Kier molecular flexibility index (Phi) is 9.06. The van der Waals surface area contributed by atoms with Gasteiger partial charge >= 0.3 is 29.8 Å². The van der Waals surface area contributed by atoms with E-state index in [0.29, 0.717) is 17.8 Å². The number of cyclic esters (lactones) is 2. The number of ether oxygens (including phenoxy) is 4. The van der Waals surface area contributed by atoms with Crippen LogP contribution in [0.5, 0.6) is 0 Å². The molecule has 3 rings (SSSR count).